The number of nitrogens with zero attached hydrogens (tertiary/aromatic N) is 4. The quantitative estimate of drug-likeness (QED) is 0.392. The fraction of sp³-hybridized carbons (Fsp3) is 0.179. The van der Waals surface area contributed by atoms with Gasteiger partial charge in [-0.25, -0.2) is 9.37 Å². The number of amides is 2. The van der Waals surface area contributed by atoms with Gasteiger partial charge in [-0.05, 0) is 42.7 Å². The molecule has 0 radical (unpaired) electrons. The highest BCUT2D eigenvalue weighted by Gasteiger charge is 2.23. The van der Waals surface area contributed by atoms with Crippen molar-refractivity contribution in [3.8, 4) is 28.5 Å². The first-order chi connectivity index (χ1) is 18.7. The summed E-state index contributed by atoms with van der Waals surface area (Å²) < 4.78 is 22.1. The van der Waals surface area contributed by atoms with Gasteiger partial charge in [0.25, 0.3) is 17.4 Å². The van der Waals surface area contributed by atoms with Crippen LogP contribution in [-0.2, 0) is 18.4 Å². The van der Waals surface area contributed by atoms with Crippen LogP contribution in [0.25, 0.3) is 33.3 Å². The van der Waals surface area contributed by atoms with Gasteiger partial charge in [-0.1, -0.05) is 24.3 Å². The van der Waals surface area contributed by atoms with E-state index in [1.165, 1.54) is 19.3 Å². The predicted octanol–water partition coefficient (Wildman–Crippen LogP) is 3.67. The molecule has 1 aliphatic rings. The first-order valence-corrected chi connectivity index (χ1v) is 12.1. The van der Waals surface area contributed by atoms with Gasteiger partial charge in [0.1, 0.15) is 17.5 Å². The monoisotopic (exact) mass is 526 g/mol. The van der Waals surface area contributed by atoms with Crippen molar-refractivity contribution < 1.29 is 18.5 Å². The lowest BCUT2D eigenvalue weighted by molar-refractivity contribution is -0.114. The normalized spacial score (nSPS) is 13.3. The second kappa shape index (κ2) is 9.90. The molecule has 0 saturated heterocycles. The van der Waals surface area contributed by atoms with E-state index in [-0.39, 0.29) is 35.4 Å². The average Bonchev–Trinajstić information content (AvgIpc) is 3.46. The summed E-state index contributed by atoms with van der Waals surface area (Å²) in [6.45, 7) is 2.46. The molecule has 10 nitrogen and oxygen atoms in total. The molecule has 0 bridgehead atoms. The zero-order chi connectivity index (χ0) is 27.8. The fourth-order valence-electron chi connectivity index (χ4n) is 4.78. The molecule has 0 spiro atoms. The summed E-state index contributed by atoms with van der Waals surface area (Å²) in [5.41, 5.74) is 8.14. The Morgan fingerprint density at radius 2 is 1.92 bits per heavy atom. The van der Waals surface area contributed by atoms with Crippen LogP contribution in [0.4, 0.5) is 4.39 Å². The zero-order valence-electron chi connectivity index (χ0n) is 21.1. The zero-order valence-corrected chi connectivity index (χ0v) is 21.1. The molecular weight excluding hydrogens is 503 g/mol. The van der Waals surface area contributed by atoms with Crippen LogP contribution in [0.1, 0.15) is 36.0 Å². The topological polar surface area (TPSA) is 149 Å². The number of nitrogens with two attached hydrogens (primary N) is 1. The molecule has 5 rings (SSSR count). The second-order valence-electron chi connectivity index (χ2n) is 8.96. The second-order valence-corrected chi connectivity index (χ2v) is 8.96. The Morgan fingerprint density at radius 1 is 1.21 bits per heavy atom. The van der Waals surface area contributed by atoms with Gasteiger partial charge in [0, 0.05) is 43.0 Å². The van der Waals surface area contributed by atoms with Crippen molar-refractivity contribution in [2.45, 2.75) is 26.3 Å². The smallest absolute Gasteiger partial charge is 0.291 e. The maximum atomic E-state index is 14.0. The number of aryl methyl sites for hydroxylation is 2. The summed E-state index contributed by atoms with van der Waals surface area (Å²) in [6, 6.07) is 12.8. The minimum Gasteiger partial charge on any atom is -0.366 e. The number of halogens is 1. The third kappa shape index (κ3) is 4.42. The lowest BCUT2D eigenvalue weighted by Crippen LogP contribution is -2.27. The van der Waals surface area contributed by atoms with E-state index in [0.29, 0.717) is 23.3 Å². The molecule has 3 aromatic heterocycles. The van der Waals surface area contributed by atoms with Gasteiger partial charge < -0.3 is 20.1 Å². The summed E-state index contributed by atoms with van der Waals surface area (Å²) in [7, 11) is 1.44. The molecule has 11 heteroatoms. The Bertz CT molecular complexity index is 1820. The van der Waals surface area contributed by atoms with E-state index in [1.54, 1.807) is 18.2 Å². The van der Waals surface area contributed by atoms with Crippen molar-refractivity contribution >= 4 is 22.7 Å². The summed E-state index contributed by atoms with van der Waals surface area (Å²) >= 11 is 0. The lowest BCUT2D eigenvalue weighted by atomic mass is 10.0. The van der Waals surface area contributed by atoms with Crippen molar-refractivity contribution in [1.82, 2.24) is 19.6 Å². The number of allylic oxidation sites excluding steroid dienone is 2. The number of pyridine rings is 1. The number of nitrogens with one attached hydrogen (secondary N) is 1. The van der Waals surface area contributed by atoms with Crippen LogP contribution in [-0.4, -0.2) is 26.1 Å². The molecule has 0 aliphatic heterocycles. The van der Waals surface area contributed by atoms with Crippen LogP contribution in [0.3, 0.4) is 0 Å². The van der Waals surface area contributed by atoms with E-state index in [1.807, 2.05) is 35.8 Å². The van der Waals surface area contributed by atoms with Crippen molar-refractivity contribution in [2.24, 2.45) is 12.8 Å². The number of primary amides is 1. The molecule has 196 valence electrons. The van der Waals surface area contributed by atoms with E-state index in [2.05, 4.69) is 10.3 Å². The van der Waals surface area contributed by atoms with E-state index in [9.17, 15) is 24.0 Å². The Morgan fingerprint density at radius 3 is 2.59 bits per heavy atom. The van der Waals surface area contributed by atoms with Crippen molar-refractivity contribution in [3.05, 3.63) is 87.6 Å². The highest BCUT2D eigenvalue weighted by molar-refractivity contribution is 6.06. The number of benzene rings is 1. The summed E-state index contributed by atoms with van der Waals surface area (Å²) in [5, 5.41) is 12.9. The first-order valence-electron chi connectivity index (χ1n) is 12.1. The van der Waals surface area contributed by atoms with Gasteiger partial charge in [-0.2, -0.15) is 10.0 Å². The van der Waals surface area contributed by atoms with E-state index < -0.39 is 23.2 Å². The van der Waals surface area contributed by atoms with Gasteiger partial charge in [0.15, 0.2) is 5.69 Å². The van der Waals surface area contributed by atoms with Crippen LogP contribution >= 0.6 is 0 Å². The molecule has 3 N–H and O–H groups in total. The third-order valence-electron chi connectivity index (χ3n) is 6.63. The summed E-state index contributed by atoms with van der Waals surface area (Å²) in [5.74, 6) is -2.05. The maximum Gasteiger partial charge on any atom is 0.291 e. The highest BCUT2D eigenvalue weighted by Crippen LogP contribution is 2.32. The van der Waals surface area contributed by atoms with Gasteiger partial charge in [-0.15, -0.1) is 0 Å². The van der Waals surface area contributed by atoms with Crippen molar-refractivity contribution in [1.29, 1.82) is 5.26 Å². The molecule has 0 atom stereocenters. The predicted molar refractivity (Wildman–Crippen MR) is 141 cm³/mol. The largest absolute Gasteiger partial charge is 0.366 e. The number of aromatic nitrogens is 3. The number of nitriles is 1. The summed E-state index contributed by atoms with van der Waals surface area (Å²) in [4.78, 5) is 41.6. The van der Waals surface area contributed by atoms with Crippen LogP contribution < -0.4 is 16.6 Å². The van der Waals surface area contributed by atoms with Crippen LogP contribution in [0.2, 0.25) is 0 Å². The number of rotatable bonds is 6. The van der Waals surface area contributed by atoms with Crippen LogP contribution in [0, 0.1) is 11.3 Å². The highest BCUT2D eigenvalue weighted by atomic mass is 19.1. The van der Waals surface area contributed by atoms with Crippen molar-refractivity contribution in [2.75, 3.05) is 0 Å². The van der Waals surface area contributed by atoms with Crippen LogP contribution in [0.5, 0.6) is 0 Å². The third-order valence-corrected chi connectivity index (χ3v) is 6.63. The number of carbonyl (C=O) groups excluding carboxylic acids is 2. The van der Waals surface area contributed by atoms with E-state index in [0.717, 1.165) is 21.4 Å². The molecule has 0 fully saturated rings. The molecule has 4 aromatic rings. The van der Waals surface area contributed by atoms with Crippen LogP contribution in [0.15, 0.2) is 75.1 Å². The minimum absolute atomic E-state index is 0.0335. The molecule has 1 aliphatic carbocycles. The Labute approximate surface area is 221 Å². The minimum atomic E-state index is -0.897. The molecule has 2 amide bonds. The molecule has 39 heavy (non-hydrogen) atoms. The van der Waals surface area contributed by atoms with Gasteiger partial charge in [0.05, 0.1) is 11.1 Å². The molecule has 3 heterocycles. The lowest BCUT2D eigenvalue weighted by Gasteiger charge is -2.16. The molecule has 0 unspecified atom stereocenters. The Hall–Kier alpha value is -5.24. The standard InChI is InChI=1S/C28H23FN6O4/c1-3-35-21(15-4-6-16(7-5-15)23-22(14-30)39-34(2)28(23)38)12-17-10-11-32-24(25(17)35)27(37)33-18-8-9-20(29)19(13-18)26(31)36/h4-7,10-13H,3,8-9H2,1-2H3,(H2,31,36)(H,33,37). The molecular formula is C28H23FN6O4. The van der Waals surface area contributed by atoms with Gasteiger partial charge >= 0.3 is 0 Å². The summed E-state index contributed by atoms with van der Waals surface area (Å²) in [6.07, 6.45) is 2.97. The molecule has 1 aromatic carbocycles. The van der Waals surface area contributed by atoms with E-state index in [4.69, 9.17) is 10.3 Å². The number of carbonyl (C=O) groups is 2. The van der Waals surface area contributed by atoms with Gasteiger partial charge in [0.2, 0.25) is 5.76 Å². The maximum absolute atomic E-state index is 14.0. The fourth-order valence-corrected chi connectivity index (χ4v) is 4.78. The Kier molecular flexibility index (Phi) is 6.45. The molecule has 0 saturated carbocycles. The van der Waals surface area contributed by atoms with E-state index >= 15 is 0 Å². The van der Waals surface area contributed by atoms with Crippen molar-refractivity contribution in [3.63, 3.8) is 0 Å². The number of fused-ring (bicyclic) bond motifs is 1. The van der Waals surface area contributed by atoms with Gasteiger partial charge in [-0.3, -0.25) is 14.4 Å². The first kappa shape index (κ1) is 25.4. The number of hydrogen-bond acceptors (Lipinski definition) is 6. The Balaban J connectivity index is 1.52. The number of hydrogen-bond donors (Lipinski definition) is 2. The SMILES string of the molecule is CCn1c(-c2ccc(-c3c(C#N)on(C)c3=O)cc2)cc2ccnc(C(=O)NC3=CC(C(N)=O)=C(F)CC3)c21. The average molecular weight is 527 g/mol.